The van der Waals surface area contributed by atoms with Crippen LogP contribution in [0.5, 0.6) is 0 Å². The summed E-state index contributed by atoms with van der Waals surface area (Å²) in [5.74, 6) is -0.929. The molecule has 1 aromatic carbocycles. The molecule has 27 heavy (non-hydrogen) atoms. The van der Waals surface area contributed by atoms with E-state index in [4.69, 9.17) is 4.74 Å². The van der Waals surface area contributed by atoms with Gasteiger partial charge in [-0.15, -0.1) is 11.3 Å². The van der Waals surface area contributed by atoms with Gasteiger partial charge in [-0.2, -0.15) is 0 Å². The van der Waals surface area contributed by atoms with Crippen molar-refractivity contribution in [2.45, 2.75) is 13.0 Å². The molecule has 7 heteroatoms. The van der Waals surface area contributed by atoms with Crippen LogP contribution in [0.1, 0.15) is 16.1 Å². The van der Waals surface area contributed by atoms with Crippen molar-refractivity contribution in [3.05, 3.63) is 53.0 Å². The number of fused-ring (bicyclic) bond motifs is 3. The Bertz CT molecular complexity index is 1070. The third-order valence-electron chi connectivity index (χ3n) is 5.13. The van der Waals surface area contributed by atoms with E-state index in [1.54, 1.807) is 22.3 Å². The van der Waals surface area contributed by atoms with Gasteiger partial charge < -0.3 is 14.4 Å². The highest BCUT2D eigenvalue weighted by atomic mass is 32.1. The number of ether oxygens (including phenoxy) is 1. The van der Waals surface area contributed by atoms with Gasteiger partial charge in [0.1, 0.15) is 12.3 Å². The number of hydrogen-bond donors (Lipinski definition) is 1. The fourth-order valence-electron chi connectivity index (χ4n) is 3.90. The van der Waals surface area contributed by atoms with Crippen molar-refractivity contribution in [2.24, 2.45) is 0 Å². The molecular weight excluding hydrogens is 364 g/mol. The molecule has 1 N–H and O–H groups in total. The van der Waals surface area contributed by atoms with Crippen LogP contribution in [0.2, 0.25) is 0 Å². The largest absolute Gasteiger partial charge is 0.477 e. The van der Waals surface area contributed by atoms with Crippen LogP contribution in [0, 0.1) is 0 Å². The van der Waals surface area contributed by atoms with Crippen LogP contribution in [0.4, 0.5) is 10.5 Å². The number of carbonyl (C=O) groups is 2. The van der Waals surface area contributed by atoms with Crippen molar-refractivity contribution in [3.63, 3.8) is 0 Å². The summed E-state index contributed by atoms with van der Waals surface area (Å²) in [6.07, 6.45) is 0.414. The number of aromatic nitrogens is 1. The third-order valence-corrected chi connectivity index (χ3v) is 6.03. The number of aryl methyl sites for hydroxylation is 1. The van der Waals surface area contributed by atoms with E-state index >= 15 is 0 Å². The predicted molar refractivity (Wildman–Crippen MR) is 103 cm³/mol. The van der Waals surface area contributed by atoms with Gasteiger partial charge in [0, 0.05) is 28.2 Å². The van der Waals surface area contributed by atoms with Crippen molar-refractivity contribution in [1.29, 1.82) is 0 Å². The molecular formula is C20H16N2O4S. The molecule has 1 fully saturated rings. The normalized spacial score (nSPS) is 15.4. The monoisotopic (exact) mass is 380 g/mol. The minimum atomic E-state index is -0.929. The molecule has 0 spiro atoms. The first-order valence-electron chi connectivity index (χ1n) is 8.72. The smallest absolute Gasteiger partial charge is 0.414 e. The van der Waals surface area contributed by atoms with Crippen LogP contribution in [-0.4, -0.2) is 34.9 Å². The number of carboxylic acid groups (broad SMARTS) is 1. The topological polar surface area (TPSA) is 71.8 Å². The number of aromatic carboxylic acids is 1. The fraction of sp³-hybridized carbons (Fsp3) is 0.200. The number of rotatable bonds is 3. The van der Waals surface area contributed by atoms with Gasteiger partial charge in [-0.3, -0.25) is 4.90 Å². The van der Waals surface area contributed by atoms with Crippen molar-refractivity contribution in [3.8, 4) is 21.7 Å². The molecule has 136 valence electrons. The van der Waals surface area contributed by atoms with Gasteiger partial charge in [0.25, 0.3) is 0 Å². The number of thiophene rings is 1. The van der Waals surface area contributed by atoms with E-state index in [0.717, 1.165) is 39.4 Å². The second kappa shape index (κ2) is 5.99. The van der Waals surface area contributed by atoms with Crippen molar-refractivity contribution in [2.75, 3.05) is 18.1 Å². The van der Waals surface area contributed by atoms with Gasteiger partial charge in [-0.05, 0) is 41.6 Å². The van der Waals surface area contributed by atoms with Crippen LogP contribution in [0.15, 0.2) is 41.8 Å². The van der Waals surface area contributed by atoms with E-state index in [0.29, 0.717) is 25.4 Å². The van der Waals surface area contributed by atoms with Crippen LogP contribution < -0.4 is 4.90 Å². The second-order valence-corrected chi connectivity index (χ2v) is 7.53. The highest BCUT2D eigenvalue weighted by molar-refractivity contribution is 7.13. The zero-order valence-electron chi connectivity index (χ0n) is 14.3. The highest BCUT2D eigenvalue weighted by Gasteiger charge is 2.29. The number of carboxylic acids is 1. The van der Waals surface area contributed by atoms with E-state index in [1.807, 2.05) is 40.3 Å². The van der Waals surface area contributed by atoms with E-state index in [1.165, 1.54) is 0 Å². The van der Waals surface area contributed by atoms with E-state index in [9.17, 15) is 14.7 Å². The summed E-state index contributed by atoms with van der Waals surface area (Å²) in [7, 11) is 0. The SMILES string of the molecule is O=C(O)c1cc(-c2cccs2)c2n1CCc1ccc(N3CCOC3=O)cc1-2. The minimum absolute atomic E-state index is 0.296. The van der Waals surface area contributed by atoms with E-state index in [2.05, 4.69) is 0 Å². The number of nitrogens with zero attached hydrogens (tertiary/aromatic N) is 2. The quantitative estimate of drug-likeness (QED) is 0.743. The Morgan fingerprint density at radius 1 is 1.15 bits per heavy atom. The molecule has 4 heterocycles. The minimum Gasteiger partial charge on any atom is -0.477 e. The number of anilines is 1. The first-order chi connectivity index (χ1) is 13.1. The van der Waals surface area contributed by atoms with E-state index < -0.39 is 5.97 Å². The lowest BCUT2D eigenvalue weighted by Gasteiger charge is -2.24. The average molecular weight is 380 g/mol. The number of benzene rings is 1. The molecule has 0 unspecified atom stereocenters. The molecule has 0 radical (unpaired) electrons. The Morgan fingerprint density at radius 2 is 2.04 bits per heavy atom. The van der Waals surface area contributed by atoms with Gasteiger partial charge >= 0.3 is 12.1 Å². The predicted octanol–water partition coefficient (Wildman–Crippen LogP) is 4.09. The lowest BCUT2D eigenvalue weighted by Crippen LogP contribution is -2.24. The average Bonchev–Trinajstić information content (AvgIpc) is 3.40. The van der Waals surface area contributed by atoms with Gasteiger partial charge in [-0.1, -0.05) is 12.1 Å². The van der Waals surface area contributed by atoms with Crippen LogP contribution in [0.3, 0.4) is 0 Å². The van der Waals surface area contributed by atoms with Crippen molar-refractivity contribution >= 4 is 29.1 Å². The zero-order valence-corrected chi connectivity index (χ0v) is 15.2. The molecule has 0 atom stereocenters. The number of cyclic esters (lactones) is 1. The molecule has 2 aliphatic rings. The van der Waals surface area contributed by atoms with Crippen molar-refractivity contribution in [1.82, 2.24) is 4.57 Å². The Hall–Kier alpha value is -3.06. The maximum Gasteiger partial charge on any atom is 0.414 e. The maximum atomic E-state index is 12.0. The first kappa shape index (κ1) is 16.1. The Labute approximate surface area is 159 Å². The molecule has 1 amide bonds. The van der Waals surface area contributed by atoms with Gasteiger partial charge in [0.2, 0.25) is 0 Å². The third kappa shape index (κ3) is 2.46. The van der Waals surface area contributed by atoms with Gasteiger partial charge in [-0.25, -0.2) is 9.59 Å². The molecule has 2 aromatic heterocycles. The van der Waals surface area contributed by atoms with Crippen LogP contribution in [0.25, 0.3) is 21.7 Å². The Morgan fingerprint density at radius 3 is 2.74 bits per heavy atom. The summed E-state index contributed by atoms with van der Waals surface area (Å²) in [5.41, 5.74) is 5.04. The fourth-order valence-corrected chi connectivity index (χ4v) is 4.64. The summed E-state index contributed by atoms with van der Waals surface area (Å²) in [5, 5.41) is 11.7. The number of amides is 1. The van der Waals surface area contributed by atoms with Crippen LogP contribution >= 0.6 is 11.3 Å². The number of hydrogen-bond acceptors (Lipinski definition) is 4. The Balaban J connectivity index is 1.73. The molecule has 0 aliphatic carbocycles. The lowest BCUT2D eigenvalue weighted by atomic mass is 9.95. The Kier molecular flexibility index (Phi) is 3.58. The summed E-state index contributed by atoms with van der Waals surface area (Å²) in [4.78, 5) is 26.4. The molecule has 0 saturated carbocycles. The lowest BCUT2D eigenvalue weighted by molar-refractivity contribution is 0.0685. The molecule has 0 bridgehead atoms. The summed E-state index contributed by atoms with van der Waals surface area (Å²) < 4.78 is 6.94. The van der Waals surface area contributed by atoms with Crippen LogP contribution in [-0.2, 0) is 17.7 Å². The van der Waals surface area contributed by atoms with E-state index in [-0.39, 0.29) is 6.09 Å². The molecule has 2 aliphatic heterocycles. The van der Waals surface area contributed by atoms with Gasteiger partial charge in [0.15, 0.2) is 0 Å². The molecule has 6 nitrogen and oxygen atoms in total. The van der Waals surface area contributed by atoms with Gasteiger partial charge in [0.05, 0.1) is 12.2 Å². The highest BCUT2D eigenvalue weighted by Crippen LogP contribution is 2.42. The molecule has 3 aromatic rings. The summed E-state index contributed by atoms with van der Waals surface area (Å²) in [6, 6.07) is 11.7. The summed E-state index contributed by atoms with van der Waals surface area (Å²) >= 11 is 1.59. The standard InChI is InChI=1S/C20H16N2O4S/c23-19(24)16-11-15(17-2-1-9-27-17)18-14-10-13(21-7-8-26-20(21)25)4-3-12(14)5-6-22(16)18/h1-4,9-11H,5-8H2,(H,23,24). The van der Waals surface area contributed by atoms with Crippen molar-refractivity contribution < 1.29 is 19.4 Å². The maximum absolute atomic E-state index is 12.0. The summed E-state index contributed by atoms with van der Waals surface area (Å²) in [6.45, 7) is 1.53. The molecule has 5 rings (SSSR count). The number of carbonyl (C=O) groups excluding carboxylic acids is 1. The second-order valence-electron chi connectivity index (χ2n) is 6.58. The zero-order chi connectivity index (χ0) is 18.5. The first-order valence-corrected chi connectivity index (χ1v) is 9.60. The molecule has 1 saturated heterocycles.